The van der Waals surface area contributed by atoms with Crippen molar-refractivity contribution >= 4 is 0 Å². The molecule has 0 saturated carbocycles. The molecule has 0 saturated heterocycles. The van der Waals surface area contributed by atoms with Crippen LogP contribution in [0.1, 0.15) is 38.5 Å². The number of hydrogen-bond acceptors (Lipinski definition) is 4. The molecule has 0 aliphatic carbocycles. The maximum atomic E-state index is 10.2. The third-order valence-electron chi connectivity index (χ3n) is 2.93. The molecule has 1 N–H and O–H groups in total. The number of aromatic nitrogens is 2. The monoisotopic (exact) mass is 242 g/mol. The van der Waals surface area contributed by atoms with Crippen LogP contribution < -0.4 is 4.74 Å². The van der Waals surface area contributed by atoms with Crippen molar-refractivity contribution in [2.45, 2.75) is 45.4 Å². The molecular weight excluding hydrogens is 220 g/mol. The number of aliphatic hydroxyl groups excluding tert-OH is 1. The van der Waals surface area contributed by atoms with Gasteiger partial charge in [-0.1, -0.05) is 0 Å². The number of nitrogens with zero attached hydrogens (tertiary/aromatic N) is 2. The molecule has 0 radical (unpaired) electrons. The van der Waals surface area contributed by atoms with Crippen LogP contribution in [0.3, 0.4) is 0 Å². The van der Waals surface area contributed by atoms with Crippen molar-refractivity contribution in [1.29, 1.82) is 0 Å². The predicted molar refractivity (Wildman–Crippen MR) is 65.1 cm³/mol. The van der Waals surface area contributed by atoms with Crippen LogP contribution in [0, 0.1) is 0 Å². The molecule has 5 heteroatoms. The number of rotatable bonds is 7. The molecule has 5 nitrogen and oxygen atoms in total. The Hall–Kier alpha value is -1.07. The first-order valence-corrected chi connectivity index (χ1v) is 5.94. The van der Waals surface area contributed by atoms with Gasteiger partial charge in [-0.15, -0.1) is 0 Å². The average Bonchev–Trinajstić information content (AvgIpc) is 2.78. The van der Waals surface area contributed by atoms with Gasteiger partial charge in [0.15, 0.2) is 5.75 Å². The van der Waals surface area contributed by atoms with Crippen LogP contribution in [0.2, 0.25) is 0 Å². The molecule has 2 atom stereocenters. The molecule has 1 heterocycles. The Balaban J connectivity index is 2.72. The van der Waals surface area contributed by atoms with Crippen molar-refractivity contribution in [1.82, 2.24) is 9.78 Å². The highest BCUT2D eigenvalue weighted by atomic mass is 16.5. The number of aliphatic hydroxyl groups is 1. The molecule has 1 aromatic rings. The Bertz CT molecular complexity index is 317. The predicted octanol–water partition coefficient (Wildman–Crippen LogP) is 1.76. The van der Waals surface area contributed by atoms with Crippen LogP contribution >= 0.6 is 0 Å². The minimum absolute atomic E-state index is 0.147. The SMILES string of the molecule is CCn1ncc(OC)c1C(O)CCC(C)OC. The largest absolute Gasteiger partial charge is 0.493 e. The van der Waals surface area contributed by atoms with Crippen LogP contribution in [-0.4, -0.2) is 35.2 Å². The summed E-state index contributed by atoms with van der Waals surface area (Å²) in [7, 11) is 3.26. The second-order valence-corrected chi connectivity index (χ2v) is 4.05. The molecule has 0 spiro atoms. The highest BCUT2D eigenvalue weighted by Crippen LogP contribution is 2.28. The number of ether oxygens (including phenoxy) is 2. The van der Waals surface area contributed by atoms with Gasteiger partial charge in [0.1, 0.15) is 5.69 Å². The average molecular weight is 242 g/mol. The standard InChI is InChI=1S/C12H22N2O3/c1-5-14-12(11(17-4)8-13-14)10(15)7-6-9(2)16-3/h8-10,15H,5-7H2,1-4H3. The van der Waals surface area contributed by atoms with Crippen LogP contribution in [0.5, 0.6) is 5.75 Å². The van der Waals surface area contributed by atoms with Gasteiger partial charge in [0.05, 0.1) is 25.5 Å². The molecule has 0 aliphatic rings. The summed E-state index contributed by atoms with van der Waals surface area (Å²) in [6.45, 7) is 4.69. The fraction of sp³-hybridized carbons (Fsp3) is 0.750. The minimum Gasteiger partial charge on any atom is -0.493 e. The summed E-state index contributed by atoms with van der Waals surface area (Å²) < 4.78 is 12.1. The zero-order valence-electron chi connectivity index (χ0n) is 11.0. The fourth-order valence-corrected chi connectivity index (χ4v) is 1.77. The van der Waals surface area contributed by atoms with Crippen molar-refractivity contribution in [3.8, 4) is 5.75 Å². The van der Waals surface area contributed by atoms with Gasteiger partial charge in [0, 0.05) is 13.7 Å². The van der Waals surface area contributed by atoms with E-state index in [4.69, 9.17) is 9.47 Å². The van der Waals surface area contributed by atoms with E-state index in [1.807, 2.05) is 13.8 Å². The molecule has 1 aromatic heterocycles. The second kappa shape index (κ2) is 6.61. The lowest BCUT2D eigenvalue weighted by atomic mass is 10.1. The van der Waals surface area contributed by atoms with Crippen LogP contribution in [-0.2, 0) is 11.3 Å². The first-order valence-electron chi connectivity index (χ1n) is 5.94. The Morgan fingerprint density at radius 3 is 2.65 bits per heavy atom. The summed E-state index contributed by atoms with van der Waals surface area (Å²) in [5.41, 5.74) is 0.748. The summed E-state index contributed by atoms with van der Waals surface area (Å²) in [6.07, 6.45) is 2.66. The summed E-state index contributed by atoms with van der Waals surface area (Å²) in [4.78, 5) is 0. The smallest absolute Gasteiger partial charge is 0.162 e. The zero-order chi connectivity index (χ0) is 12.8. The van der Waals surface area contributed by atoms with E-state index in [0.29, 0.717) is 12.2 Å². The maximum absolute atomic E-state index is 10.2. The van der Waals surface area contributed by atoms with E-state index in [2.05, 4.69) is 5.10 Å². The molecule has 98 valence electrons. The number of methoxy groups -OCH3 is 2. The first-order chi connectivity index (χ1) is 8.13. The molecule has 1 rings (SSSR count). The van der Waals surface area contributed by atoms with E-state index in [0.717, 1.165) is 18.7 Å². The molecule has 0 fully saturated rings. The lowest BCUT2D eigenvalue weighted by Gasteiger charge is -2.16. The molecule has 2 unspecified atom stereocenters. The van der Waals surface area contributed by atoms with Gasteiger partial charge < -0.3 is 14.6 Å². The normalized spacial score (nSPS) is 14.6. The van der Waals surface area contributed by atoms with Crippen molar-refractivity contribution in [3.05, 3.63) is 11.9 Å². The highest BCUT2D eigenvalue weighted by molar-refractivity contribution is 5.27. The third-order valence-corrected chi connectivity index (χ3v) is 2.93. The van der Waals surface area contributed by atoms with Crippen LogP contribution in [0.4, 0.5) is 0 Å². The van der Waals surface area contributed by atoms with E-state index >= 15 is 0 Å². The Morgan fingerprint density at radius 2 is 2.12 bits per heavy atom. The lowest BCUT2D eigenvalue weighted by molar-refractivity contribution is 0.0816. The van der Waals surface area contributed by atoms with Crippen molar-refractivity contribution in [3.63, 3.8) is 0 Å². The van der Waals surface area contributed by atoms with Gasteiger partial charge in [-0.25, -0.2) is 0 Å². The molecular formula is C12H22N2O3. The molecule has 0 aromatic carbocycles. The molecule has 17 heavy (non-hydrogen) atoms. The van der Waals surface area contributed by atoms with E-state index in [9.17, 15) is 5.11 Å². The van der Waals surface area contributed by atoms with Gasteiger partial charge in [-0.2, -0.15) is 5.10 Å². The second-order valence-electron chi connectivity index (χ2n) is 4.05. The van der Waals surface area contributed by atoms with Crippen molar-refractivity contribution < 1.29 is 14.6 Å². The summed E-state index contributed by atoms with van der Waals surface area (Å²) in [5, 5.41) is 14.4. The number of aryl methyl sites for hydroxylation is 1. The fourth-order valence-electron chi connectivity index (χ4n) is 1.77. The molecule has 0 aliphatic heterocycles. The van der Waals surface area contributed by atoms with Crippen molar-refractivity contribution in [2.24, 2.45) is 0 Å². The van der Waals surface area contributed by atoms with Gasteiger partial charge in [-0.3, -0.25) is 4.68 Å². The number of hydrogen-bond donors (Lipinski definition) is 1. The summed E-state index contributed by atoms with van der Waals surface area (Å²) in [5.74, 6) is 0.643. The third kappa shape index (κ3) is 3.44. The summed E-state index contributed by atoms with van der Waals surface area (Å²) >= 11 is 0. The van der Waals surface area contributed by atoms with Gasteiger partial charge in [0.25, 0.3) is 0 Å². The van der Waals surface area contributed by atoms with Crippen LogP contribution in [0.25, 0.3) is 0 Å². The first kappa shape index (κ1) is 14.0. The molecule has 0 bridgehead atoms. The van der Waals surface area contributed by atoms with E-state index in [1.54, 1.807) is 25.1 Å². The van der Waals surface area contributed by atoms with E-state index < -0.39 is 6.10 Å². The highest BCUT2D eigenvalue weighted by Gasteiger charge is 2.19. The topological polar surface area (TPSA) is 56.5 Å². The Morgan fingerprint density at radius 1 is 1.41 bits per heavy atom. The van der Waals surface area contributed by atoms with Crippen molar-refractivity contribution in [2.75, 3.05) is 14.2 Å². The minimum atomic E-state index is -0.565. The lowest BCUT2D eigenvalue weighted by Crippen LogP contribution is -2.12. The van der Waals surface area contributed by atoms with Gasteiger partial charge >= 0.3 is 0 Å². The van der Waals surface area contributed by atoms with Gasteiger partial charge in [-0.05, 0) is 26.7 Å². The Kier molecular flexibility index (Phi) is 5.44. The van der Waals surface area contributed by atoms with E-state index in [1.165, 1.54) is 0 Å². The zero-order valence-corrected chi connectivity index (χ0v) is 11.0. The van der Waals surface area contributed by atoms with Crippen LogP contribution in [0.15, 0.2) is 6.20 Å². The van der Waals surface area contributed by atoms with E-state index in [-0.39, 0.29) is 6.10 Å². The van der Waals surface area contributed by atoms with Gasteiger partial charge in [0.2, 0.25) is 0 Å². The maximum Gasteiger partial charge on any atom is 0.162 e. The Labute approximate surface area is 102 Å². The molecule has 0 amide bonds. The summed E-state index contributed by atoms with van der Waals surface area (Å²) in [6, 6.07) is 0. The quantitative estimate of drug-likeness (QED) is 0.791.